The molecule has 0 heterocycles. The first-order valence-corrected chi connectivity index (χ1v) is 13.6. The number of hydrogen-bond acceptors (Lipinski definition) is 1. The molecule has 1 heteroatoms. The Morgan fingerprint density at radius 3 is 2.47 bits per heavy atom. The van der Waals surface area contributed by atoms with Crippen molar-refractivity contribution in [2.45, 2.75) is 118 Å². The highest BCUT2D eigenvalue weighted by Crippen LogP contribution is 2.67. The van der Waals surface area contributed by atoms with E-state index in [4.69, 9.17) is 0 Å². The lowest BCUT2D eigenvalue weighted by atomic mass is 9.47. The molecule has 1 N–H and O–H groups in total. The summed E-state index contributed by atoms with van der Waals surface area (Å²) in [5, 5.41) is 10.2. The van der Waals surface area contributed by atoms with Crippen LogP contribution in [0.25, 0.3) is 0 Å². The normalized spacial score (nSPS) is 45.3. The molecule has 0 radical (unpaired) electrons. The highest BCUT2D eigenvalue weighted by Gasteiger charge is 2.59. The van der Waals surface area contributed by atoms with Gasteiger partial charge in [-0.3, -0.25) is 0 Å². The Bertz CT molecular complexity index is 634. The Hall–Kier alpha value is -0.300. The van der Waals surface area contributed by atoms with E-state index in [2.05, 4.69) is 47.6 Å². The molecule has 30 heavy (non-hydrogen) atoms. The highest BCUT2D eigenvalue weighted by molar-refractivity contribution is 5.25. The van der Waals surface area contributed by atoms with Gasteiger partial charge in [0, 0.05) is 0 Å². The van der Waals surface area contributed by atoms with Gasteiger partial charge in [-0.05, 0) is 110 Å². The minimum absolute atomic E-state index is 0.0794. The van der Waals surface area contributed by atoms with Crippen molar-refractivity contribution in [1.29, 1.82) is 0 Å². The average Bonchev–Trinajstić information content (AvgIpc) is 3.06. The zero-order valence-corrected chi connectivity index (χ0v) is 20.9. The maximum Gasteiger partial charge on any atom is 0.0577 e. The van der Waals surface area contributed by atoms with Crippen molar-refractivity contribution in [3.05, 3.63) is 11.6 Å². The van der Waals surface area contributed by atoms with E-state index in [1.165, 1.54) is 57.8 Å². The molecule has 172 valence electrons. The summed E-state index contributed by atoms with van der Waals surface area (Å²) in [7, 11) is 0. The summed E-state index contributed by atoms with van der Waals surface area (Å²) < 4.78 is 0. The number of aliphatic hydroxyl groups is 1. The lowest BCUT2D eigenvalue weighted by Crippen LogP contribution is -2.50. The Morgan fingerprint density at radius 1 is 1.00 bits per heavy atom. The van der Waals surface area contributed by atoms with Gasteiger partial charge in [-0.15, -0.1) is 0 Å². The number of hydrogen-bond donors (Lipinski definition) is 1. The Morgan fingerprint density at radius 2 is 1.77 bits per heavy atom. The van der Waals surface area contributed by atoms with Crippen LogP contribution in [0.15, 0.2) is 11.6 Å². The van der Waals surface area contributed by atoms with Crippen LogP contribution < -0.4 is 0 Å². The highest BCUT2D eigenvalue weighted by atomic mass is 16.3. The van der Waals surface area contributed by atoms with Crippen LogP contribution in [-0.2, 0) is 0 Å². The molecule has 4 aliphatic rings. The summed E-state index contributed by atoms with van der Waals surface area (Å²) in [6.45, 7) is 15.1. The predicted molar refractivity (Wildman–Crippen MR) is 128 cm³/mol. The molecule has 0 aromatic carbocycles. The van der Waals surface area contributed by atoms with Crippen LogP contribution in [0.5, 0.6) is 0 Å². The van der Waals surface area contributed by atoms with Gasteiger partial charge in [-0.2, -0.15) is 0 Å². The number of fused-ring (bicyclic) bond motifs is 5. The summed E-state index contributed by atoms with van der Waals surface area (Å²) in [5.74, 6) is 6.31. The van der Waals surface area contributed by atoms with Gasteiger partial charge in [0.15, 0.2) is 0 Å². The van der Waals surface area contributed by atoms with E-state index in [1.54, 1.807) is 5.57 Å². The predicted octanol–water partition coefficient (Wildman–Crippen LogP) is 8.02. The fourth-order valence-electron chi connectivity index (χ4n) is 9.30. The van der Waals surface area contributed by atoms with Gasteiger partial charge in [-0.1, -0.05) is 66.0 Å². The van der Waals surface area contributed by atoms with Gasteiger partial charge in [0.25, 0.3) is 0 Å². The van der Waals surface area contributed by atoms with Crippen molar-refractivity contribution in [2.24, 2.45) is 52.3 Å². The fourth-order valence-corrected chi connectivity index (χ4v) is 9.30. The molecule has 0 aromatic heterocycles. The van der Waals surface area contributed by atoms with Crippen LogP contribution in [0.2, 0.25) is 0 Å². The monoisotopic (exact) mass is 414 g/mol. The molecular formula is C29H50O. The van der Waals surface area contributed by atoms with E-state index in [1.807, 2.05) is 0 Å². The molecule has 4 aliphatic carbocycles. The Kier molecular flexibility index (Phi) is 6.53. The maximum atomic E-state index is 10.2. The van der Waals surface area contributed by atoms with Gasteiger partial charge in [0.2, 0.25) is 0 Å². The lowest BCUT2D eigenvalue weighted by molar-refractivity contribution is -0.0575. The molecule has 0 bridgehead atoms. The number of rotatable bonds is 6. The number of aliphatic hydroxyl groups excluding tert-OH is 1. The van der Waals surface area contributed by atoms with Crippen molar-refractivity contribution in [1.82, 2.24) is 0 Å². The first-order chi connectivity index (χ1) is 14.2. The largest absolute Gasteiger partial charge is 0.393 e. The maximum absolute atomic E-state index is 10.2. The lowest BCUT2D eigenvalue weighted by Gasteiger charge is -2.58. The van der Waals surface area contributed by atoms with Crippen LogP contribution in [0.4, 0.5) is 0 Å². The third kappa shape index (κ3) is 3.74. The van der Waals surface area contributed by atoms with E-state index < -0.39 is 0 Å². The van der Waals surface area contributed by atoms with Crippen LogP contribution in [0.3, 0.4) is 0 Å². The summed E-state index contributed by atoms with van der Waals surface area (Å²) in [6.07, 6.45) is 17.1. The van der Waals surface area contributed by atoms with Crippen LogP contribution in [0.1, 0.15) is 112 Å². The first kappa shape index (κ1) is 22.9. The molecule has 0 saturated heterocycles. The summed E-state index contributed by atoms with van der Waals surface area (Å²) in [4.78, 5) is 0. The smallest absolute Gasteiger partial charge is 0.0577 e. The van der Waals surface area contributed by atoms with E-state index in [-0.39, 0.29) is 6.10 Å². The van der Waals surface area contributed by atoms with Gasteiger partial charge in [0.05, 0.1) is 6.10 Å². The quantitative estimate of drug-likeness (QED) is 0.436. The van der Waals surface area contributed by atoms with Crippen molar-refractivity contribution in [3.63, 3.8) is 0 Å². The standard InChI is InChI=1S/C29H50O/c1-7-21(19(2)3)9-8-20(4)25-12-13-26-24-11-10-22-18-23(30)14-16-28(22,5)27(24)15-17-29(25,26)6/h10,19-21,23-27,30H,7-9,11-18H2,1-6H3/t20-,21+,23+,24-,25+,26+,27+,28+,29-/m1/s1. The fraction of sp³-hybridized carbons (Fsp3) is 0.931. The van der Waals surface area contributed by atoms with E-state index in [0.717, 1.165) is 54.3 Å². The zero-order valence-electron chi connectivity index (χ0n) is 20.9. The summed E-state index contributed by atoms with van der Waals surface area (Å²) in [6, 6.07) is 0. The second kappa shape index (κ2) is 8.57. The van der Waals surface area contributed by atoms with Gasteiger partial charge in [-0.25, -0.2) is 0 Å². The molecule has 0 aliphatic heterocycles. The Labute approximate surface area is 187 Å². The molecule has 4 rings (SSSR count). The third-order valence-electron chi connectivity index (χ3n) is 11.3. The Balaban J connectivity index is 1.47. The van der Waals surface area contributed by atoms with E-state index in [0.29, 0.717) is 10.8 Å². The van der Waals surface area contributed by atoms with E-state index >= 15 is 0 Å². The van der Waals surface area contributed by atoms with Gasteiger partial charge < -0.3 is 5.11 Å². The van der Waals surface area contributed by atoms with Crippen LogP contribution >= 0.6 is 0 Å². The topological polar surface area (TPSA) is 20.2 Å². The van der Waals surface area contributed by atoms with Gasteiger partial charge in [0.1, 0.15) is 0 Å². The van der Waals surface area contributed by atoms with Crippen molar-refractivity contribution >= 4 is 0 Å². The SMILES string of the molecule is CC[C@@H](CC[C@@H](C)[C@@H]1CC[C@H]2[C@H]3CC=C4C[C@@H](O)CC[C@]4(C)[C@H]3CC[C@@]21C)C(C)C. The molecule has 0 spiro atoms. The third-order valence-corrected chi connectivity index (χ3v) is 11.3. The molecule has 0 unspecified atom stereocenters. The van der Waals surface area contributed by atoms with Crippen molar-refractivity contribution in [3.8, 4) is 0 Å². The summed E-state index contributed by atoms with van der Waals surface area (Å²) in [5.41, 5.74) is 2.59. The van der Waals surface area contributed by atoms with Crippen LogP contribution in [0, 0.1) is 52.3 Å². The molecule has 1 nitrogen and oxygen atoms in total. The second-order valence-corrected chi connectivity index (χ2v) is 12.9. The zero-order chi connectivity index (χ0) is 21.7. The van der Waals surface area contributed by atoms with Crippen molar-refractivity contribution < 1.29 is 5.11 Å². The first-order valence-electron chi connectivity index (χ1n) is 13.6. The van der Waals surface area contributed by atoms with E-state index in [9.17, 15) is 5.11 Å². The number of allylic oxidation sites excluding steroid dienone is 1. The summed E-state index contributed by atoms with van der Waals surface area (Å²) >= 11 is 0. The molecule has 9 atom stereocenters. The minimum atomic E-state index is -0.0794. The molecule has 0 aromatic rings. The van der Waals surface area contributed by atoms with Gasteiger partial charge >= 0.3 is 0 Å². The molecular weight excluding hydrogens is 364 g/mol. The average molecular weight is 415 g/mol. The molecule has 3 fully saturated rings. The molecule has 0 amide bonds. The van der Waals surface area contributed by atoms with Crippen LogP contribution in [-0.4, -0.2) is 11.2 Å². The molecule has 3 saturated carbocycles. The second-order valence-electron chi connectivity index (χ2n) is 12.9. The van der Waals surface area contributed by atoms with Crippen molar-refractivity contribution in [2.75, 3.05) is 0 Å². The minimum Gasteiger partial charge on any atom is -0.393 e.